The van der Waals surface area contributed by atoms with Gasteiger partial charge in [0.15, 0.2) is 0 Å². The zero-order valence-corrected chi connectivity index (χ0v) is 20.9. The van der Waals surface area contributed by atoms with Crippen LogP contribution in [0.1, 0.15) is 44.2 Å². The third-order valence-corrected chi connectivity index (χ3v) is 8.66. The summed E-state index contributed by atoms with van der Waals surface area (Å²) in [6.45, 7) is 5.02. The summed E-state index contributed by atoms with van der Waals surface area (Å²) in [5, 5.41) is 9.81. The Hall–Kier alpha value is -2.33. The highest BCUT2D eigenvalue weighted by Crippen LogP contribution is 2.37. The average Bonchev–Trinajstić information content (AvgIpc) is 3.36. The van der Waals surface area contributed by atoms with Crippen LogP contribution in [0.2, 0.25) is 0 Å². The van der Waals surface area contributed by atoms with Crippen molar-refractivity contribution in [2.75, 3.05) is 26.7 Å². The van der Waals surface area contributed by atoms with Gasteiger partial charge >= 0.3 is 0 Å². The van der Waals surface area contributed by atoms with Crippen molar-refractivity contribution in [3.05, 3.63) is 54.1 Å². The summed E-state index contributed by atoms with van der Waals surface area (Å²) >= 11 is 0. The zero-order chi connectivity index (χ0) is 24.3. The maximum atomic E-state index is 13.6. The third kappa shape index (κ3) is 5.33. The Morgan fingerprint density at radius 2 is 2.06 bits per heavy atom. The molecule has 0 unspecified atom stereocenters. The van der Waals surface area contributed by atoms with Gasteiger partial charge < -0.3 is 9.84 Å². The van der Waals surface area contributed by atoms with E-state index in [9.17, 15) is 13.5 Å². The van der Waals surface area contributed by atoms with Crippen molar-refractivity contribution in [1.82, 2.24) is 19.2 Å². The zero-order valence-electron chi connectivity index (χ0n) is 20.1. The number of hydrogen-bond donors (Lipinski definition) is 1. The molecule has 1 aliphatic carbocycles. The van der Waals surface area contributed by atoms with Gasteiger partial charge in [0.25, 0.3) is 0 Å². The van der Waals surface area contributed by atoms with Gasteiger partial charge in [-0.25, -0.2) is 18.4 Å². The number of aromatic nitrogens is 2. The first-order valence-corrected chi connectivity index (χ1v) is 13.3. The number of rotatable bonds is 7. The van der Waals surface area contributed by atoms with Gasteiger partial charge in [-0.05, 0) is 56.5 Å². The minimum absolute atomic E-state index is 0.0965. The minimum atomic E-state index is -3.83. The Bertz CT molecular complexity index is 1120. The quantitative estimate of drug-likeness (QED) is 0.643. The topological polar surface area (TPSA) is 95.9 Å². The maximum Gasteiger partial charge on any atom is 0.247 e. The Kier molecular flexibility index (Phi) is 7.67. The molecule has 0 spiro atoms. The van der Waals surface area contributed by atoms with Gasteiger partial charge in [-0.1, -0.05) is 19.1 Å². The monoisotopic (exact) mass is 486 g/mol. The fourth-order valence-corrected chi connectivity index (χ4v) is 6.50. The fraction of sp³-hybridized carbons (Fsp3) is 0.520. The molecule has 1 aromatic heterocycles. The van der Waals surface area contributed by atoms with E-state index in [0.29, 0.717) is 18.8 Å². The number of fused-ring (bicyclic) bond motifs is 1. The highest BCUT2D eigenvalue weighted by atomic mass is 32.2. The summed E-state index contributed by atoms with van der Waals surface area (Å²) in [6, 6.07) is 4.88. The van der Waals surface area contributed by atoms with E-state index in [1.54, 1.807) is 25.4 Å². The number of nitrogens with zero attached hydrogens (tertiary/aromatic N) is 4. The van der Waals surface area contributed by atoms with Gasteiger partial charge in [-0.3, -0.25) is 4.90 Å². The molecular formula is C25H34N4O4S. The summed E-state index contributed by atoms with van der Waals surface area (Å²) in [7, 11) is -1.82. The van der Waals surface area contributed by atoms with Crippen molar-refractivity contribution in [3.63, 3.8) is 0 Å². The molecule has 8 nitrogen and oxygen atoms in total. The third-order valence-electron chi connectivity index (χ3n) is 6.64. The predicted molar refractivity (Wildman–Crippen MR) is 131 cm³/mol. The molecule has 1 aliphatic heterocycles. The molecule has 1 aromatic carbocycles. The van der Waals surface area contributed by atoms with Gasteiger partial charge in [-0.15, -0.1) is 0 Å². The van der Waals surface area contributed by atoms with E-state index in [1.165, 1.54) is 16.2 Å². The van der Waals surface area contributed by atoms with Crippen molar-refractivity contribution >= 4 is 15.6 Å². The molecule has 0 saturated heterocycles. The number of ether oxygens (including phenoxy) is 1. The molecule has 34 heavy (non-hydrogen) atoms. The SMILES string of the molecule is C[C@@H]1CN([C@@H](C)CO)S(=O)(=O)c2ccc(C3=CCCC3)cc2O[C@@H]1CN(C)Cc1cncnc1. The standard InChI is InChI=1S/C25H34N4O4S/c1-18-13-29(19(2)16-30)34(31,32)25-9-8-22(21-6-4-5-7-21)10-23(25)33-24(18)15-28(3)14-20-11-26-17-27-12-20/h6,8-12,17-19,24,30H,4-5,7,13-16H2,1-3H3/t18-,19+,24-/m1/s1. The molecule has 2 aromatic rings. The maximum absolute atomic E-state index is 13.6. The molecule has 0 amide bonds. The van der Waals surface area contributed by atoms with E-state index in [2.05, 4.69) is 20.9 Å². The lowest BCUT2D eigenvalue weighted by Crippen LogP contribution is -2.49. The van der Waals surface area contributed by atoms with Gasteiger partial charge in [0.05, 0.1) is 6.61 Å². The highest BCUT2D eigenvalue weighted by Gasteiger charge is 2.38. The van der Waals surface area contributed by atoms with E-state index >= 15 is 0 Å². The predicted octanol–water partition coefficient (Wildman–Crippen LogP) is 2.94. The van der Waals surface area contributed by atoms with Gasteiger partial charge in [0.1, 0.15) is 23.1 Å². The van der Waals surface area contributed by atoms with Crippen LogP contribution in [0.4, 0.5) is 0 Å². The number of sulfonamides is 1. The molecule has 2 heterocycles. The van der Waals surface area contributed by atoms with Crippen LogP contribution in [0.3, 0.4) is 0 Å². The van der Waals surface area contributed by atoms with Crippen molar-refractivity contribution < 1.29 is 18.3 Å². The Morgan fingerprint density at radius 1 is 1.29 bits per heavy atom. The Morgan fingerprint density at radius 3 is 2.74 bits per heavy atom. The van der Waals surface area contributed by atoms with E-state index in [0.717, 1.165) is 30.4 Å². The van der Waals surface area contributed by atoms with Crippen molar-refractivity contribution in [3.8, 4) is 5.75 Å². The molecule has 0 bridgehead atoms. The second-order valence-electron chi connectivity index (χ2n) is 9.47. The van der Waals surface area contributed by atoms with Gasteiger partial charge in [0.2, 0.25) is 10.0 Å². The van der Waals surface area contributed by atoms with E-state index < -0.39 is 16.1 Å². The Balaban J connectivity index is 1.69. The number of likely N-dealkylation sites (N-methyl/N-ethyl adjacent to an activating group) is 1. The molecule has 9 heteroatoms. The number of aliphatic hydroxyl groups is 1. The fourth-order valence-electron chi connectivity index (χ4n) is 4.67. The van der Waals surface area contributed by atoms with Crippen LogP contribution in [0.5, 0.6) is 5.75 Å². The van der Waals surface area contributed by atoms with Crippen molar-refractivity contribution in [1.29, 1.82) is 0 Å². The van der Waals surface area contributed by atoms with Crippen LogP contribution >= 0.6 is 0 Å². The molecule has 2 aliphatic rings. The Labute approximate surface area is 202 Å². The average molecular weight is 487 g/mol. The lowest BCUT2D eigenvalue weighted by Gasteiger charge is -2.37. The highest BCUT2D eigenvalue weighted by molar-refractivity contribution is 7.89. The van der Waals surface area contributed by atoms with Crippen LogP contribution in [0, 0.1) is 5.92 Å². The van der Waals surface area contributed by atoms with Gasteiger partial charge in [-0.2, -0.15) is 4.31 Å². The summed E-state index contributed by atoms with van der Waals surface area (Å²) in [5.74, 6) is 0.286. The molecule has 1 N–H and O–H groups in total. The normalized spacial score (nSPS) is 23.5. The molecule has 4 rings (SSSR count). The number of allylic oxidation sites excluding steroid dienone is 2. The first-order valence-electron chi connectivity index (χ1n) is 11.8. The molecular weight excluding hydrogens is 452 g/mol. The number of aliphatic hydroxyl groups excluding tert-OH is 1. The second kappa shape index (κ2) is 10.5. The van der Waals surface area contributed by atoms with Crippen LogP contribution in [0.25, 0.3) is 5.57 Å². The largest absolute Gasteiger partial charge is 0.487 e. The van der Waals surface area contributed by atoms with E-state index in [-0.39, 0.29) is 30.1 Å². The van der Waals surface area contributed by atoms with Crippen molar-refractivity contribution in [2.24, 2.45) is 5.92 Å². The summed E-state index contributed by atoms with van der Waals surface area (Å²) in [6.07, 6.45) is 10.2. The smallest absolute Gasteiger partial charge is 0.247 e. The van der Waals surface area contributed by atoms with E-state index in [1.807, 2.05) is 26.1 Å². The lowest BCUT2D eigenvalue weighted by atomic mass is 10.0. The molecule has 3 atom stereocenters. The first kappa shape index (κ1) is 24.8. The lowest BCUT2D eigenvalue weighted by molar-refractivity contribution is 0.0733. The van der Waals surface area contributed by atoms with E-state index in [4.69, 9.17) is 4.74 Å². The van der Waals surface area contributed by atoms with Crippen molar-refractivity contribution in [2.45, 2.75) is 56.7 Å². The minimum Gasteiger partial charge on any atom is -0.487 e. The van der Waals surface area contributed by atoms with Crippen LogP contribution < -0.4 is 4.74 Å². The van der Waals surface area contributed by atoms with Crippen LogP contribution in [-0.2, 0) is 16.6 Å². The summed E-state index contributed by atoms with van der Waals surface area (Å²) < 4.78 is 35.2. The molecule has 0 saturated carbocycles. The second-order valence-corrected chi connectivity index (χ2v) is 11.3. The molecule has 0 fully saturated rings. The van der Waals surface area contributed by atoms with Gasteiger partial charge in [0, 0.05) is 49.6 Å². The molecule has 184 valence electrons. The summed E-state index contributed by atoms with van der Waals surface area (Å²) in [4.78, 5) is 10.5. The number of benzene rings is 1. The first-order chi connectivity index (χ1) is 16.3. The molecule has 0 radical (unpaired) electrons. The van der Waals surface area contributed by atoms with Crippen LogP contribution in [-0.4, -0.2) is 71.6 Å². The van der Waals surface area contributed by atoms with Crippen LogP contribution in [0.15, 0.2) is 47.9 Å². The number of hydrogen-bond acceptors (Lipinski definition) is 7. The summed E-state index contributed by atoms with van der Waals surface area (Å²) in [5.41, 5.74) is 3.24.